The Kier molecular flexibility index (Phi) is 3.76. The highest BCUT2D eigenvalue weighted by molar-refractivity contribution is 9.10. The van der Waals surface area contributed by atoms with Gasteiger partial charge in [-0.2, -0.15) is 0 Å². The number of anilines is 2. The molecule has 94 valence electrons. The first-order chi connectivity index (χ1) is 8.58. The van der Waals surface area contributed by atoms with Gasteiger partial charge in [0, 0.05) is 28.5 Å². The molecule has 0 aliphatic rings. The van der Waals surface area contributed by atoms with Gasteiger partial charge in [-0.05, 0) is 28.1 Å². The predicted molar refractivity (Wildman–Crippen MR) is 68.1 cm³/mol. The molecule has 0 aliphatic carbocycles. The summed E-state index contributed by atoms with van der Waals surface area (Å²) in [6, 6.07) is 5.28. The van der Waals surface area contributed by atoms with E-state index in [2.05, 4.69) is 26.2 Å². The van der Waals surface area contributed by atoms with Gasteiger partial charge in [0.05, 0.1) is 7.11 Å². The molecule has 0 radical (unpaired) electrons. The minimum atomic E-state index is -0.535. The molecule has 6 heteroatoms. The highest BCUT2D eigenvalue weighted by atomic mass is 79.9. The average molecular weight is 315 g/mol. The van der Waals surface area contributed by atoms with Gasteiger partial charge in [0.25, 0.3) is 0 Å². The summed E-state index contributed by atoms with van der Waals surface area (Å²) in [7, 11) is 1.43. The van der Waals surface area contributed by atoms with Crippen molar-refractivity contribution in [1.82, 2.24) is 4.98 Å². The van der Waals surface area contributed by atoms with Gasteiger partial charge >= 0.3 is 0 Å². The molecule has 0 fully saturated rings. The van der Waals surface area contributed by atoms with Crippen LogP contribution >= 0.6 is 15.9 Å². The van der Waals surface area contributed by atoms with Crippen LogP contribution in [0.25, 0.3) is 0 Å². The molecule has 0 unspecified atom stereocenters. The number of hydrogen-bond acceptors (Lipinski definition) is 3. The molecule has 1 heterocycles. The van der Waals surface area contributed by atoms with E-state index in [1.165, 1.54) is 31.5 Å². The van der Waals surface area contributed by atoms with Crippen molar-refractivity contribution in [3.8, 4) is 5.75 Å². The van der Waals surface area contributed by atoms with Crippen molar-refractivity contribution in [3.63, 3.8) is 0 Å². The lowest BCUT2D eigenvalue weighted by Gasteiger charge is -2.08. The molecule has 0 atom stereocenters. The number of hydrogen-bond donors (Lipinski definition) is 1. The molecular formula is C12H9BrF2N2O. The fraction of sp³-hybridized carbons (Fsp3) is 0.0833. The standard InChI is InChI=1S/C12H9BrF2N2O/c1-18-10-4-8(14)3-9(5-10)17-12-11(15)2-7(13)6-16-12/h2-6H,1H3,(H,16,17). The molecule has 18 heavy (non-hydrogen) atoms. The Bertz CT molecular complexity index is 578. The van der Waals surface area contributed by atoms with Crippen LogP contribution in [-0.4, -0.2) is 12.1 Å². The first-order valence-electron chi connectivity index (χ1n) is 5.01. The van der Waals surface area contributed by atoms with Crippen LogP contribution in [0, 0.1) is 11.6 Å². The SMILES string of the molecule is COc1cc(F)cc(Nc2ncc(Br)cc2F)c1. The topological polar surface area (TPSA) is 34.1 Å². The van der Waals surface area contributed by atoms with Crippen molar-refractivity contribution >= 4 is 27.4 Å². The summed E-state index contributed by atoms with van der Waals surface area (Å²) in [6.07, 6.45) is 1.45. The van der Waals surface area contributed by atoms with E-state index >= 15 is 0 Å². The number of benzene rings is 1. The van der Waals surface area contributed by atoms with E-state index in [1.54, 1.807) is 6.07 Å². The predicted octanol–water partition coefficient (Wildman–Crippen LogP) is 3.87. The van der Waals surface area contributed by atoms with Crippen molar-refractivity contribution in [2.75, 3.05) is 12.4 Å². The number of aromatic nitrogens is 1. The maximum absolute atomic E-state index is 13.5. The number of ether oxygens (including phenoxy) is 1. The summed E-state index contributed by atoms with van der Waals surface area (Å²) >= 11 is 3.11. The Morgan fingerprint density at radius 2 is 2.00 bits per heavy atom. The van der Waals surface area contributed by atoms with Gasteiger partial charge in [-0.1, -0.05) is 0 Å². The van der Waals surface area contributed by atoms with Crippen LogP contribution in [0.4, 0.5) is 20.3 Å². The van der Waals surface area contributed by atoms with Gasteiger partial charge < -0.3 is 10.1 Å². The number of halogens is 3. The minimum absolute atomic E-state index is 0.0193. The first-order valence-corrected chi connectivity index (χ1v) is 5.80. The second-order valence-electron chi connectivity index (χ2n) is 3.49. The molecular weight excluding hydrogens is 306 g/mol. The summed E-state index contributed by atoms with van der Waals surface area (Å²) in [6.45, 7) is 0. The zero-order valence-corrected chi connectivity index (χ0v) is 11.0. The van der Waals surface area contributed by atoms with Crippen molar-refractivity contribution in [2.45, 2.75) is 0 Å². The van der Waals surface area contributed by atoms with E-state index in [0.717, 1.165) is 0 Å². The molecule has 0 bridgehead atoms. The van der Waals surface area contributed by atoms with Crippen LogP contribution in [-0.2, 0) is 0 Å². The summed E-state index contributed by atoms with van der Waals surface area (Å²) in [5, 5.41) is 2.69. The third-order valence-electron chi connectivity index (χ3n) is 2.18. The molecule has 0 spiro atoms. The molecule has 2 aromatic rings. The van der Waals surface area contributed by atoms with E-state index in [0.29, 0.717) is 15.9 Å². The summed E-state index contributed by atoms with van der Waals surface area (Å²) in [5.74, 6) is -0.650. The second-order valence-corrected chi connectivity index (χ2v) is 4.40. The number of pyridine rings is 1. The van der Waals surface area contributed by atoms with E-state index in [1.807, 2.05) is 0 Å². The maximum Gasteiger partial charge on any atom is 0.166 e. The van der Waals surface area contributed by atoms with Crippen LogP contribution in [0.3, 0.4) is 0 Å². The molecule has 0 amide bonds. The van der Waals surface area contributed by atoms with E-state index < -0.39 is 11.6 Å². The van der Waals surface area contributed by atoms with Gasteiger partial charge in [-0.3, -0.25) is 0 Å². The van der Waals surface area contributed by atoms with Crippen LogP contribution in [0.5, 0.6) is 5.75 Å². The fourth-order valence-corrected chi connectivity index (χ4v) is 1.70. The highest BCUT2D eigenvalue weighted by Gasteiger charge is 2.07. The smallest absolute Gasteiger partial charge is 0.166 e. The second kappa shape index (κ2) is 5.30. The number of methoxy groups -OCH3 is 1. The minimum Gasteiger partial charge on any atom is -0.497 e. The molecule has 1 aromatic heterocycles. The van der Waals surface area contributed by atoms with Crippen molar-refractivity contribution in [2.24, 2.45) is 0 Å². The molecule has 3 nitrogen and oxygen atoms in total. The van der Waals surface area contributed by atoms with E-state index in [-0.39, 0.29) is 5.82 Å². The molecule has 0 aliphatic heterocycles. The molecule has 0 saturated carbocycles. The third-order valence-corrected chi connectivity index (χ3v) is 2.61. The van der Waals surface area contributed by atoms with Gasteiger partial charge in [0.2, 0.25) is 0 Å². The lowest BCUT2D eigenvalue weighted by Crippen LogP contribution is -1.98. The molecule has 2 rings (SSSR count). The van der Waals surface area contributed by atoms with E-state index in [9.17, 15) is 8.78 Å². The maximum atomic E-state index is 13.5. The Balaban J connectivity index is 2.30. The van der Waals surface area contributed by atoms with Crippen LogP contribution in [0.2, 0.25) is 0 Å². The largest absolute Gasteiger partial charge is 0.497 e. The van der Waals surface area contributed by atoms with Crippen LogP contribution < -0.4 is 10.1 Å². The number of nitrogens with one attached hydrogen (secondary N) is 1. The molecule has 1 N–H and O–H groups in total. The number of nitrogens with zero attached hydrogens (tertiary/aromatic N) is 1. The highest BCUT2D eigenvalue weighted by Crippen LogP contribution is 2.24. The summed E-state index contributed by atoms with van der Waals surface area (Å²) < 4.78 is 32.2. The number of rotatable bonds is 3. The van der Waals surface area contributed by atoms with Crippen LogP contribution in [0.15, 0.2) is 34.9 Å². The van der Waals surface area contributed by atoms with Crippen molar-refractivity contribution in [1.29, 1.82) is 0 Å². The molecule has 1 aromatic carbocycles. The van der Waals surface area contributed by atoms with Gasteiger partial charge in [-0.25, -0.2) is 13.8 Å². The van der Waals surface area contributed by atoms with Crippen molar-refractivity contribution in [3.05, 3.63) is 46.6 Å². The fourth-order valence-electron chi connectivity index (χ4n) is 1.40. The average Bonchev–Trinajstić information content (AvgIpc) is 2.32. The lowest BCUT2D eigenvalue weighted by molar-refractivity contribution is 0.411. The Labute approximate surface area is 111 Å². The Morgan fingerprint density at radius 1 is 1.22 bits per heavy atom. The van der Waals surface area contributed by atoms with Crippen molar-refractivity contribution < 1.29 is 13.5 Å². The Hall–Kier alpha value is -1.69. The monoisotopic (exact) mass is 314 g/mol. The first kappa shape index (κ1) is 12.8. The third kappa shape index (κ3) is 2.95. The summed E-state index contributed by atoms with van der Waals surface area (Å²) in [5.41, 5.74) is 0.362. The zero-order chi connectivity index (χ0) is 13.1. The zero-order valence-electron chi connectivity index (χ0n) is 9.38. The Morgan fingerprint density at radius 3 is 2.67 bits per heavy atom. The van der Waals surface area contributed by atoms with Gasteiger partial charge in [-0.15, -0.1) is 0 Å². The summed E-state index contributed by atoms with van der Waals surface area (Å²) in [4.78, 5) is 3.86. The quantitative estimate of drug-likeness (QED) is 0.933. The lowest BCUT2D eigenvalue weighted by atomic mass is 10.3. The van der Waals surface area contributed by atoms with Gasteiger partial charge in [0.15, 0.2) is 11.6 Å². The molecule has 0 saturated heterocycles. The van der Waals surface area contributed by atoms with Gasteiger partial charge in [0.1, 0.15) is 11.6 Å². The van der Waals surface area contributed by atoms with E-state index in [4.69, 9.17) is 4.74 Å². The van der Waals surface area contributed by atoms with Crippen LogP contribution in [0.1, 0.15) is 0 Å². The normalized spacial score (nSPS) is 10.2.